The van der Waals surface area contributed by atoms with Gasteiger partial charge in [-0.1, -0.05) is 6.08 Å². The summed E-state index contributed by atoms with van der Waals surface area (Å²) in [5, 5.41) is -0.399. The van der Waals surface area contributed by atoms with Crippen LogP contribution >= 0.6 is 11.6 Å². The second-order valence-corrected chi connectivity index (χ2v) is 3.55. The summed E-state index contributed by atoms with van der Waals surface area (Å²) in [4.78, 5) is 21.2. The van der Waals surface area contributed by atoms with Gasteiger partial charge in [-0.3, -0.25) is 9.59 Å². The van der Waals surface area contributed by atoms with Crippen molar-refractivity contribution in [3.05, 3.63) is 12.7 Å². The molecule has 0 saturated heterocycles. The fourth-order valence-electron chi connectivity index (χ4n) is 0.873. The number of carbonyl (C=O) groups excluding carboxylic acids is 2. The SMILES string of the molecule is C=CC(Cl)C(COC(C)=O)COC(C)=O. The summed E-state index contributed by atoms with van der Waals surface area (Å²) in [6.07, 6.45) is 1.51. The van der Waals surface area contributed by atoms with Crippen LogP contribution in [0.5, 0.6) is 0 Å². The van der Waals surface area contributed by atoms with Gasteiger partial charge >= 0.3 is 11.9 Å². The van der Waals surface area contributed by atoms with Crippen molar-refractivity contribution in [2.45, 2.75) is 19.2 Å². The van der Waals surface area contributed by atoms with Crippen molar-refractivity contribution >= 4 is 23.5 Å². The van der Waals surface area contributed by atoms with Gasteiger partial charge in [0.05, 0.1) is 18.6 Å². The zero-order chi connectivity index (χ0) is 11.8. The molecule has 0 saturated carbocycles. The van der Waals surface area contributed by atoms with Crippen LogP contribution in [0.1, 0.15) is 13.8 Å². The maximum absolute atomic E-state index is 10.6. The Morgan fingerprint density at radius 1 is 1.27 bits per heavy atom. The normalized spacial score (nSPS) is 12.0. The lowest BCUT2D eigenvalue weighted by atomic mass is 10.1. The average molecular weight is 235 g/mol. The number of hydrogen-bond acceptors (Lipinski definition) is 4. The molecule has 0 aliphatic heterocycles. The maximum Gasteiger partial charge on any atom is 0.302 e. The summed E-state index contributed by atoms with van der Waals surface area (Å²) < 4.78 is 9.59. The predicted octanol–water partition coefficient (Wildman–Crippen LogP) is 1.52. The smallest absolute Gasteiger partial charge is 0.302 e. The molecule has 0 amide bonds. The number of esters is 2. The summed E-state index contributed by atoms with van der Waals surface area (Å²) in [5.74, 6) is -1.05. The molecule has 0 spiro atoms. The van der Waals surface area contributed by atoms with Crippen LogP contribution in [0, 0.1) is 5.92 Å². The molecular formula is C10H15ClO4. The number of ether oxygens (including phenoxy) is 2. The van der Waals surface area contributed by atoms with Crippen molar-refractivity contribution in [2.75, 3.05) is 13.2 Å². The van der Waals surface area contributed by atoms with Crippen LogP contribution in [0.3, 0.4) is 0 Å². The van der Waals surface area contributed by atoms with Crippen molar-refractivity contribution in [3.63, 3.8) is 0 Å². The molecule has 5 heteroatoms. The minimum atomic E-state index is -0.399. The van der Waals surface area contributed by atoms with Crippen LogP contribution in [0.2, 0.25) is 0 Å². The van der Waals surface area contributed by atoms with E-state index in [0.717, 1.165) is 0 Å². The van der Waals surface area contributed by atoms with E-state index in [1.54, 1.807) is 0 Å². The zero-order valence-electron chi connectivity index (χ0n) is 8.86. The lowest BCUT2D eigenvalue weighted by Gasteiger charge is -2.18. The summed E-state index contributed by atoms with van der Waals surface area (Å²) in [5.41, 5.74) is 0. The highest BCUT2D eigenvalue weighted by Crippen LogP contribution is 2.13. The third-order valence-electron chi connectivity index (χ3n) is 1.68. The van der Waals surface area contributed by atoms with E-state index < -0.39 is 17.3 Å². The van der Waals surface area contributed by atoms with E-state index in [0.29, 0.717) is 0 Å². The Morgan fingerprint density at radius 2 is 1.67 bits per heavy atom. The lowest BCUT2D eigenvalue weighted by molar-refractivity contribution is -0.146. The number of alkyl halides is 1. The first-order valence-corrected chi connectivity index (χ1v) is 4.94. The third kappa shape index (κ3) is 6.96. The second kappa shape index (κ2) is 7.29. The largest absolute Gasteiger partial charge is 0.465 e. The van der Waals surface area contributed by atoms with E-state index in [1.807, 2.05) is 0 Å². The molecule has 0 fully saturated rings. The highest BCUT2D eigenvalue weighted by Gasteiger charge is 2.19. The minimum absolute atomic E-state index is 0.114. The van der Waals surface area contributed by atoms with Gasteiger partial charge in [-0.15, -0.1) is 18.2 Å². The molecule has 0 aromatic rings. The van der Waals surface area contributed by atoms with Crippen molar-refractivity contribution in [3.8, 4) is 0 Å². The maximum atomic E-state index is 10.6. The van der Waals surface area contributed by atoms with Gasteiger partial charge < -0.3 is 9.47 Å². The van der Waals surface area contributed by atoms with Gasteiger partial charge in [-0.2, -0.15) is 0 Å². The molecule has 0 rings (SSSR count). The summed E-state index contributed by atoms with van der Waals surface area (Å²) in [6, 6.07) is 0. The summed E-state index contributed by atoms with van der Waals surface area (Å²) >= 11 is 5.90. The Balaban J connectivity index is 4.11. The molecule has 0 heterocycles. The molecule has 0 aliphatic rings. The van der Waals surface area contributed by atoms with E-state index in [9.17, 15) is 9.59 Å². The Kier molecular flexibility index (Phi) is 6.79. The quantitative estimate of drug-likeness (QED) is 0.397. The van der Waals surface area contributed by atoms with Crippen LogP contribution in [-0.4, -0.2) is 30.5 Å². The van der Waals surface area contributed by atoms with E-state index in [-0.39, 0.29) is 19.1 Å². The molecule has 1 unspecified atom stereocenters. The van der Waals surface area contributed by atoms with Gasteiger partial charge in [0.15, 0.2) is 0 Å². The van der Waals surface area contributed by atoms with E-state index >= 15 is 0 Å². The predicted molar refractivity (Wildman–Crippen MR) is 56.6 cm³/mol. The van der Waals surface area contributed by atoms with Crippen LogP contribution in [0.25, 0.3) is 0 Å². The monoisotopic (exact) mass is 234 g/mol. The van der Waals surface area contributed by atoms with Crippen LogP contribution < -0.4 is 0 Å². The van der Waals surface area contributed by atoms with Gasteiger partial charge in [0, 0.05) is 19.8 Å². The summed E-state index contributed by atoms with van der Waals surface area (Å²) in [7, 11) is 0. The van der Waals surface area contributed by atoms with Gasteiger partial charge in [-0.25, -0.2) is 0 Å². The van der Waals surface area contributed by atoms with Crippen molar-refractivity contribution in [1.29, 1.82) is 0 Å². The molecule has 15 heavy (non-hydrogen) atoms. The molecule has 0 aromatic carbocycles. The Morgan fingerprint density at radius 3 is 1.93 bits per heavy atom. The Bertz CT molecular complexity index is 222. The fraction of sp³-hybridized carbons (Fsp3) is 0.600. The Labute approximate surface area is 94.2 Å². The zero-order valence-corrected chi connectivity index (χ0v) is 9.62. The number of halogens is 1. The second-order valence-electron chi connectivity index (χ2n) is 3.05. The van der Waals surface area contributed by atoms with E-state index in [1.165, 1.54) is 19.9 Å². The Hall–Kier alpha value is -1.03. The van der Waals surface area contributed by atoms with Gasteiger partial charge in [0.1, 0.15) is 0 Å². The molecule has 0 bridgehead atoms. The highest BCUT2D eigenvalue weighted by atomic mass is 35.5. The standard InChI is InChI=1S/C10H15ClO4/c1-4-10(11)9(5-14-7(2)12)6-15-8(3)13/h4,9-10H,1,5-6H2,2-3H3. The van der Waals surface area contributed by atoms with Gasteiger partial charge in [-0.05, 0) is 0 Å². The molecule has 86 valence electrons. The molecule has 1 atom stereocenters. The fourth-order valence-corrected chi connectivity index (χ4v) is 1.02. The van der Waals surface area contributed by atoms with Crippen molar-refractivity contribution in [1.82, 2.24) is 0 Å². The first-order chi connectivity index (χ1) is 6.97. The minimum Gasteiger partial charge on any atom is -0.465 e. The number of rotatable bonds is 6. The molecule has 0 N–H and O–H groups in total. The van der Waals surface area contributed by atoms with Gasteiger partial charge in [0.2, 0.25) is 0 Å². The number of allylic oxidation sites excluding steroid dienone is 1. The van der Waals surface area contributed by atoms with E-state index in [2.05, 4.69) is 6.58 Å². The third-order valence-corrected chi connectivity index (χ3v) is 2.21. The molecule has 0 aliphatic carbocycles. The van der Waals surface area contributed by atoms with E-state index in [4.69, 9.17) is 21.1 Å². The lowest BCUT2D eigenvalue weighted by Crippen LogP contribution is -2.26. The highest BCUT2D eigenvalue weighted by molar-refractivity contribution is 6.22. The van der Waals surface area contributed by atoms with Crippen LogP contribution in [0.15, 0.2) is 12.7 Å². The topological polar surface area (TPSA) is 52.6 Å². The molecule has 0 radical (unpaired) electrons. The average Bonchev–Trinajstić information content (AvgIpc) is 2.16. The number of carbonyl (C=O) groups is 2. The summed E-state index contributed by atoms with van der Waals surface area (Å²) in [6.45, 7) is 6.36. The molecule has 0 aromatic heterocycles. The molecule has 4 nitrogen and oxygen atoms in total. The first kappa shape index (κ1) is 14.0. The van der Waals surface area contributed by atoms with Gasteiger partial charge in [0.25, 0.3) is 0 Å². The first-order valence-electron chi connectivity index (χ1n) is 4.50. The molecular weight excluding hydrogens is 220 g/mol. The number of hydrogen-bond donors (Lipinski definition) is 0. The van der Waals surface area contributed by atoms with Crippen molar-refractivity contribution < 1.29 is 19.1 Å². The van der Waals surface area contributed by atoms with Crippen LogP contribution in [-0.2, 0) is 19.1 Å². The van der Waals surface area contributed by atoms with Crippen LogP contribution in [0.4, 0.5) is 0 Å². The van der Waals surface area contributed by atoms with Crippen molar-refractivity contribution in [2.24, 2.45) is 5.92 Å².